The van der Waals surface area contributed by atoms with Crippen LogP contribution < -0.4 is 11.1 Å². The van der Waals surface area contributed by atoms with Crippen LogP contribution in [0.3, 0.4) is 0 Å². The van der Waals surface area contributed by atoms with Gasteiger partial charge >= 0.3 is 0 Å². The summed E-state index contributed by atoms with van der Waals surface area (Å²) in [5.74, 6) is 0.185. The van der Waals surface area contributed by atoms with Gasteiger partial charge < -0.3 is 16.0 Å². The lowest BCUT2D eigenvalue weighted by Crippen LogP contribution is -2.42. The molecule has 21 heavy (non-hydrogen) atoms. The highest BCUT2D eigenvalue weighted by molar-refractivity contribution is 5.99. The molecule has 0 bridgehead atoms. The molecule has 1 saturated heterocycles. The molecule has 0 aromatic heterocycles. The van der Waals surface area contributed by atoms with Gasteiger partial charge in [0.25, 0.3) is 11.6 Å². The number of nitro benzene ring substituents is 1. The summed E-state index contributed by atoms with van der Waals surface area (Å²) in [6, 6.07) is 3.99. The molecule has 7 heteroatoms. The Labute approximate surface area is 123 Å². The van der Waals surface area contributed by atoms with Crippen LogP contribution in [-0.2, 0) is 0 Å². The van der Waals surface area contributed by atoms with Gasteiger partial charge in [0.15, 0.2) is 0 Å². The highest BCUT2D eigenvalue weighted by Gasteiger charge is 2.26. The third-order valence-corrected chi connectivity index (χ3v) is 3.78. The number of nitrogen functional groups attached to an aromatic ring is 1. The van der Waals surface area contributed by atoms with E-state index in [0.29, 0.717) is 19.0 Å². The number of hydrogen-bond acceptors (Lipinski definition) is 5. The third-order valence-electron chi connectivity index (χ3n) is 3.78. The number of nitrogens with two attached hydrogens (primary N) is 1. The van der Waals surface area contributed by atoms with E-state index in [0.717, 1.165) is 19.4 Å². The van der Waals surface area contributed by atoms with E-state index in [1.165, 1.54) is 18.2 Å². The van der Waals surface area contributed by atoms with Gasteiger partial charge in [-0.3, -0.25) is 14.9 Å². The molecule has 1 aromatic rings. The molecule has 1 aromatic carbocycles. The average Bonchev–Trinajstić information content (AvgIpc) is 2.47. The minimum Gasteiger partial charge on any atom is -0.398 e. The Morgan fingerprint density at radius 2 is 2.33 bits per heavy atom. The molecule has 1 amide bonds. The number of nitro groups is 1. The average molecular weight is 292 g/mol. The van der Waals surface area contributed by atoms with Gasteiger partial charge in [-0.1, -0.05) is 0 Å². The van der Waals surface area contributed by atoms with E-state index in [9.17, 15) is 14.9 Å². The van der Waals surface area contributed by atoms with E-state index in [-0.39, 0.29) is 22.8 Å². The van der Waals surface area contributed by atoms with Crippen molar-refractivity contribution in [3.63, 3.8) is 0 Å². The molecule has 1 atom stereocenters. The van der Waals surface area contributed by atoms with Crippen molar-refractivity contribution in [2.75, 3.05) is 32.4 Å². The van der Waals surface area contributed by atoms with Crippen LogP contribution in [0.1, 0.15) is 23.2 Å². The van der Waals surface area contributed by atoms with Gasteiger partial charge in [0, 0.05) is 30.9 Å². The van der Waals surface area contributed by atoms with Crippen LogP contribution in [0.5, 0.6) is 0 Å². The van der Waals surface area contributed by atoms with Gasteiger partial charge in [0.1, 0.15) is 0 Å². The van der Waals surface area contributed by atoms with Gasteiger partial charge in [0.2, 0.25) is 0 Å². The van der Waals surface area contributed by atoms with Crippen molar-refractivity contribution in [1.82, 2.24) is 10.2 Å². The zero-order chi connectivity index (χ0) is 15.4. The zero-order valence-electron chi connectivity index (χ0n) is 12.0. The monoisotopic (exact) mass is 292 g/mol. The number of piperidine rings is 1. The summed E-state index contributed by atoms with van der Waals surface area (Å²) in [5, 5.41) is 14.0. The number of hydrogen-bond donors (Lipinski definition) is 2. The number of non-ortho nitro benzene ring substituents is 1. The quantitative estimate of drug-likeness (QED) is 0.494. The summed E-state index contributed by atoms with van der Waals surface area (Å²) in [7, 11) is 1.89. The summed E-state index contributed by atoms with van der Waals surface area (Å²) in [6.45, 7) is 2.18. The minimum absolute atomic E-state index is 0.115. The summed E-state index contributed by atoms with van der Waals surface area (Å²) < 4.78 is 0. The molecule has 0 saturated carbocycles. The first-order chi connectivity index (χ1) is 10.0. The van der Waals surface area contributed by atoms with Crippen molar-refractivity contribution in [1.29, 1.82) is 0 Å². The van der Waals surface area contributed by atoms with Crippen molar-refractivity contribution in [2.24, 2.45) is 5.92 Å². The second-order valence-electron chi connectivity index (χ2n) is 5.35. The summed E-state index contributed by atoms with van der Waals surface area (Å²) >= 11 is 0. The van der Waals surface area contributed by atoms with Crippen LogP contribution in [-0.4, -0.2) is 42.4 Å². The topological polar surface area (TPSA) is 102 Å². The molecule has 7 nitrogen and oxygen atoms in total. The van der Waals surface area contributed by atoms with Crippen LogP contribution in [0, 0.1) is 16.0 Å². The lowest BCUT2D eigenvalue weighted by Gasteiger charge is -2.33. The van der Waals surface area contributed by atoms with Crippen molar-refractivity contribution >= 4 is 17.3 Å². The van der Waals surface area contributed by atoms with Crippen LogP contribution in [0.4, 0.5) is 11.4 Å². The third kappa shape index (κ3) is 3.49. The maximum absolute atomic E-state index is 12.5. The fraction of sp³-hybridized carbons (Fsp3) is 0.500. The Morgan fingerprint density at radius 1 is 1.57 bits per heavy atom. The molecule has 0 aliphatic carbocycles. The predicted molar refractivity (Wildman–Crippen MR) is 80.1 cm³/mol. The Bertz CT molecular complexity index is 545. The summed E-state index contributed by atoms with van der Waals surface area (Å²) in [4.78, 5) is 24.6. The van der Waals surface area contributed by atoms with Crippen LogP contribution in [0.2, 0.25) is 0 Å². The van der Waals surface area contributed by atoms with E-state index in [1.54, 1.807) is 4.90 Å². The van der Waals surface area contributed by atoms with E-state index in [4.69, 9.17) is 5.73 Å². The van der Waals surface area contributed by atoms with Gasteiger partial charge in [-0.25, -0.2) is 0 Å². The molecule has 0 radical (unpaired) electrons. The molecule has 1 heterocycles. The fourth-order valence-corrected chi connectivity index (χ4v) is 2.72. The van der Waals surface area contributed by atoms with Crippen LogP contribution >= 0.6 is 0 Å². The molecule has 3 N–H and O–H groups in total. The number of carbonyl (C=O) groups excluding carboxylic acids is 1. The number of amides is 1. The molecule has 1 fully saturated rings. The number of nitrogens with zero attached hydrogens (tertiary/aromatic N) is 2. The van der Waals surface area contributed by atoms with E-state index in [1.807, 2.05) is 7.05 Å². The summed E-state index contributed by atoms with van der Waals surface area (Å²) in [6.07, 6.45) is 2.02. The smallest absolute Gasteiger partial charge is 0.270 e. The van der Waals surface area contributed by atoms with Crippen molar-refractivity contribution in [3.05, 3.63) is 33.9 Å². The van der Waals surface area contributed by atoms with Gasteiger partial charge in [-0.15, -0.1) is 0 Å². The van der Waals surface area contributed by atoms with Crippen molar-refractivity contribution in [3.8, 4) is 0 Å². The maximum Gasteiger partial charge on any atom is 0.270 e. The molecule has 0 spiro atoms. The highest BCUT2D eigenvalue weighted by atomic mass is 16.6. The predicted octanol–water partition coefficient (Wildman–Crippen LogP) is 1.25. The Hall–Kier alpha value is -2.15. The minimum atomic E-state index is -0.518. The van der Waals surface area contributed by atoms with Crippen molar-refractivity contribution in [2.45, 2.75) is 12.8 Å². The van der Waals surface area contributed by atoms with Gasteiger partial charge in [-0.05, 0) is 38.4 Å². The van der Waals surface area contributed by atoms with Crippen LogP contribution in [0.25, 0.3) is 0 Å². The SMILES string of the molecule is CNCC1CCCN(C(=O)c2cc([N+](=O)[O-])ccc2N)C1. The Balaban J connectivity index is 2.19. The van der Waals surface area contributed by atoms with E-state index >= 15 is 0 Å². The molecule has 1 aliphatic rings. The zero-order valence-corrected chi connectivity index (χ0v) is 12.0. The van der Waals surface area contributed by atoms with E-state index < -0.39 is 4.92 Å². The first-order valence-corrected chi connectivity index (χ1v) is 7.00. The standard InChI is InChI=1S/C14H20N4O3/c1-16-8-10-3-2-6-17(9-10)14(19)12-7-11(18(20)21)4-5-13(12)15/h4-5,7,10,16H,2-3,6,8-9,15H2,1H3. The van der Waals surface area contributed by atoms with E-state index in [2.05, 4.69) is 5.32 Å². The normalized spacial score (nSPS) is 18.5. The molecule has 1 unspecified atom stereocenters. The van der Waals surface area contributed by atoms with Gasteiger partial charge in [0.05, 0.1) is 10.5 Å². The number of likely N-dealkylation sites (tertiary alicyclic amines) is 1. The largest absolute Gasteiger partial charge is 0.398 e. The number of rotatable bonds is 4. The Kier molecular flexibility index (Phi) is 4.74. The molecular formula is C14H20N4O3. The first-order valence-electron chi connectivity index (χ1n) is 7.00. The first kappa shape index (κ1) is 15.2. The number of benzene rings is 1. The molecule has 114 valence electrons. The molecule has 2 rings (SSSR count). The number of carbonyl (C=O) groups is 1. The second kappa shape index (κ2) is 6.53. The fourth-order valence-electron chi connectivity index (χ4n) is 2.72. The maximum atomic E-state index is 12.5. The molecule has 1 aliphatic heterocycles. The molecular weight excluding hydrogens is 272 g/mol. The Morgan fingerprint density at radius 3 is 3.00 bits per heavy atom. The highest BCUT2D eigenvalue weighted by Crippen LogP contribution is 2.24. The van der Waals surface area contributed by atoms with Crippen molar-refractivity contribution < 1.29 is 9.72 Å². The van der Waals surface area contributed by atoms with Gasteiger partial charge in [-0.2, -0.15) is 0 Å². The lowest BCUT2D eigenvalue weighted by atomic mass is 9.97. The summed E-state index contributed by atoms with van der Waals surface area (Å²) in [5.41, 5.74) is 6.19. The second-order valence-corrected chi connectivity index (χ2v) is 5.35. The lowest BCUT2D eigenvalue weighted by molar-refractivity contribution is -0.384. The van der Waals surface area contributed by atoms with Crippen LogP contribution in [0.15, 0.2) is 18.2 Å². The number of anilines is 1. The number of nitrogens with one attached hydrogen (secondary N) is 1.